The normalized spacial score (nSPS) is 12.6. The van der Waals surface area contributed by atoms with Gasteiger partial charge in [0.2, 0.25) is 0 Å². The molecule has 0 fully saturated rings. The van der Waals surface area contributed by atoms with Crippen LogP contribution in [0, 0.1) is 6.92 Å². The van der Waals surface area contributed by atoms with E-state index in [-0.39, 0.29) is 10.6 Å². The Morgan fingerprint density at radius 2 is 2.15 bits per heavy atom. The molecule has 70 valence electrons. The topological polar surface area (TPSA) is 17.1 Å². The molecule has 0 bridgehead atoms. The van der Waals surface area contributed by atoms with Crippen LogP contribution >= 0.6 is 28.6 Å². The average Bonchev–Trinajstić information content (AvgIpc) is 2.08. The number of rotatable bonds is 2. The van der Waals surface area contributed by atoms with E-state index in [4.69, 9.17) is 0 Å². The highest BCUT2D eigenvalue weighted by Crippen LogP contribution is 2.26. The zero-order chi connectivity index (χ0) is 10.0. The molecule has 1 nitrogen and oxygen atoms in total. The minimum Gasteiger partial charge on any atom is -0.298 e. The Kier molecular flexibility index (Phi) is 3.56. The summed E-state index contributed by atoms with van der Waals surface area (Å²) in [5.74, 6) is 0.108. The molecule has 1 aromatic rings. The first-order valence-corrected chi connectivity index (χ1v) is 5.32. The Hall–Kier alpha value is -0.280. The molecule has 0 spiro atoms. The van der Waals surface area contributed by atoms with Crippen LogP contribution in [0.3, 0.4) is 0 Å². The summed E-state index contributed by atoms with van der Waals surface area (Å²) in [6, 6.07) is 5.82. The molecule has 0 aromatic heterocycles. The molecule has 0 aliphatic rings. The van der Waals surface area contributed by atoms with Gasteiger partial charge < -0.3 is 0 Å². The summed E-state index contributed by atoms with van der Waals surface area (Å²) < 4.78 is 0. The first-order valence-electron chi connectivity index (χ1n) is 3.96. The van der Waals surface area contributed by atoms with Crippen molar-refractivity contribution in [2.24, 2.45) is 0 Å². The predicted molar refractivity (Wildman–Crippen MR) is 60.8 cm³/mol. The zero-order valence-electron chi connectivity index (χ0n) is 7.54. The third-order valence-corrected chi connectivity index (χ3v) is 3.54. The number of carbonyl (C=O) groups excluding carboxylic acids is 1. The summed E-state index contributed by atoms with van der Waals surface area (Å²) in [6.45, 7) is 3.56. The van der Waals surface area contributed by atoms with Crippen LogP contribution < -0.4 is 0 Å². The summed E-state index contributed by atoms with van der Waals surface area (Å²) in [5, 5.41) is 0. The number of thiol groups is 1. The van der Waals surface area contributed by atoms with E-state index in [9.17, 15) is 4.79 Å². The molecular weight excluding hydrogens is 248 g/mol. The third kappa shape index (κ3) is 2.58. The SMILES string of the molecule is CC(=O)C(Br)c1ccc(C)c(S)c1. The lowest BCUT2D eigenvalue weighted by atomic mass is 10.1. The molecule has 1 unspecified atom stereocenters. The van der Waals surface area contributed by atoms with Gasteiger partial charge in [-0.2, -0.15) is 0 Å². The van der Waals surface area contributed by atoms with Crippen LogP contribution in [0.2, 0.25) is 0 Å². The number of Topliss-reactive ketones (excluding diaryl/α,β-unsaturated/α-hetero) is 1. The van der Waals surface area contributed by atoms with Gasteiger partial charge in [0.05, 0.1) is 4.83 Å². The largest absolute Gasteiger partial charge is 0.298 e. The van der Waals surface area contributed by atoms with Gasteiger partial charge in [-0.1, -0.05) is 28.1 Å². The maximum absolute atomic E-state index is 11.1. The van der Waals surface area contributed by atoms with Crippen molar-refractivity contribution in [2.45, 2.75) is 23.6 Å². The third-order valence-electron chi connectivity index (χ3n) is 1.88. The van der Waals surface area contributed by atoms with Crippen molar-refractivity contribution >= 4 is 34.3 Å². The number of hydrogen-bond acceptors (Lipinski definition) is 2. The predicted octanol–water partition coefficient (Wildman–Crippen LogP) is 3.31. The molecule has 1 rings (SSSR count). The van der Waals surface area contributed by atoms with Gasteiger partial charge in [0.15, 0.2) is 0 Å². The highest BCUT2D eigenvalue weighted by molar-refractivity contribution is 9.09. The van der Waals surface area contributed by atoms with Gasteiger partial charge in [-0.3, -0.25) is 4.79 Å². The Bertz CT molecular complexity index is 336. The highest BCUT2D eigenvalue weighted by Gasteiger charge is 2.12. The number of benzene rings is 1. The molecule has 13 heavy (non-hydrogen) atoms. The smallest absolute Gasteiger partial charge is 0.147 e. The molecule has 0 saturated heterocycles. The molecule has 0 saturated carbocycles. The van der Waals surface area contributed by atoms with Crippen LogP contribution in [-0.4, -0.2) is 5.78 Å². The lowest BCUT2D eigenvalue weighted by Gasteiger charge is -2.07. The summed E-state index contributed by atoms with van der Waals surface area (Å²) in [6.07, 6.45) is 0. The van der Waals surface area contributed by atoms with E-state index in [0.717, 1.165) is 16.0 Å². The molecule has 0 amide bonds. The van der Waals surface area contributed by atoms with Crippen LogP contribution in [0.1, 0.15) is 22.9 Å². The molecule has 1 atom stereocenters. The van der Waals surface area contributed by atoms with Crippen LogP contribution in [-0.2, 0) is 4.79 Å². The van der Waals surface area contributed by atoms with Crippen LogP contribution in [0.25, 0.3) is 0 Å². The van der Waals surface area contributed by atoms with Crippen LogP contribution in [0.5, 0.6) is 0 Å². The van der Waals surface area contributed by atoms with Crippen molar-refractivity contribution in [3.8, 4) is 0 Å². The van der Waals surface area contributed by atoms with E-state index in [0.29, 0.717) is 0 Å². The zero-order valence-corrected chi connectivity index (χ0v) is 10.0. The van der Waals surface area contributed by atoms with Crippen molar-refractivity contribution in [1.82, 2.24) is 0 Å². The first kappa shape index (κ1) is 10.8. The van der Waals surface area contributed by atoms with E-state index in [1.54, 1.807) is 6.92 Å². The molecule has 0 heterocycles. The van der Waals surface area contributed by atoms with Gasteiger partial charge in [-0.25, -0.2) is 0 Å². The number of aryl methyl sites for hydroxylation is 1. The van der Waals surface area contributed by atoms with E-state index in [2.05, 4.69) is 28.6 Å². The monoisotopic (exact) mass is 258 g/mol. The molecule has 0 radical (unpaired) electrons. The van der Waals surface area contributed by atoms with E-state index in [1.165, 1.54) is 0 Å². The Morgan fingerprint density at radius 1 is 1.54 bits per heavy atom. The average molecular weight is 259 g/mol. The van der Waals surface area contributed by atoms with Crippen molar-refractivity contribution in [2.75, 3.05) is 0 Å². The van der Waals surface area contributed by atoms with Gasteiger partial charge >= 0.3 is 0 Å². The van der Waals surface area contributed by atoms with E-state index < -0.39 is 0 Å². The summed E-state index contributed by atoms with van der Waals surface area (Å²) in [7, 11) is 0. The number of ketones is 1. The van der Waals surface area contributed by atoms with Crippen molar-refractivity contribution in [3.63, 3.8) is 0 Å². The van der Waals surface area contributed by atoms with Crippen LogP contribution in [0.4, 0.5) is 0 Å². The maximum atomic E-state index is 11.1. The van der Waals surface area contributed by atoms with Crippen molar-refractivity contribution < 1.29 is 4.79 Å². The summed E-state index contributed by atoms with van der Waals surface area (Å²) in [5.41, 5.74) is 2.08. The minimum atomic E-state index is -0.209. The van der Waals surface area contributed by atoms with Crippen LogP contribution in [0.15, 0.2) is 23.1 Å². The number of carbonyl (C=O) groups is 1. The Balaban J connectivity index is 3.03. The highest BCUT2D eigenvalue weighted by atomic mass is 79.9. The second kappa shape index (κ2) is 4.29. The second-order valence-electron chi connectivity index (χ2n) is 3.02. The molecular formula is C10H11BrOS. The number of halogens is 1. The van der Waals surface area contributed by atoms with Gasteiger partial charge in [0.25, 0.3) is 0 Å². The van der Waals surface area contributed by atoms with Gasteiger partial charge in [0.1, 0.15) is 5.78 Å². The van der Waals surface area contributed by atoms with Crippen molar-refractivity contribution in [3.05, 3.63) is 29.3 Å². The lowest BCUT2D eigenvalue weighted by molar-refractivity contribution is -0.116. The minimum absolute atomic E-state index is 0.108. The quantitative estimate of drug-likeness (QED) is 0.637. The number of hydrogen-bond donors (Lipinski definition) is 1. The Morgan fingerprint density at radius 3 is 2.62 bits per heavy atom. The molecule has 3 heteroatoms. The molecule has 0 aliphatic heterocycles. The standard InChI is InChI=1S/C10H11BrOS/c1-6-3-4-8(5-9(6)13)10(11)7(2)12/h3-5,10,13H,1-2H3. The second-order valence-corrected chi connectivity index (χ2v) is 4.42. The fourth-order valence-electron chi connectivity index (χ4n) is 1.02. The van der Waals surface area contributed by atoms with Gasteiger partial charge in [-0.05, 0) is 31.0 Å². The van der Waals surface area contributed by atoms with E-state index >= 15 is 0 Å². The molecule has 0 aliphatic carbocycles. The lowest BCUT2D eigenvalue weighted by Crippen LogP contribution is -2.00. The molecule has 1 aromatic carbocycles. The first-order chi connectivity index (χ1) is 6.02. The summed E-state index contributed by atoms with van der Waals surface area (Å²) >= 11 is 7.62. The van der Waals surface area contributed by atoms with Crippen molar-refractivity contribution in [1.29, 1.82) is 0 Å². The fraction of sp³-hybridized carbons (Fsp3) is 0.300. The maximum Gasteiger partial charge on any atom is 0.147 e. The number of alkyl halides is 1. The van der Waals surface area contributed by atoms with E-state index in [1.807, 2.05) is 25.1 Å². The fourth-order valence-corrected chi connectivity index (χ4v) is 1.53. The van der Waals surface area contributed by atoms with Gasteiger partial charge in [-0.15, -0.1) is 12.6 Å². The Labute approximate surface area is 92.1 Å². The molecule has 0 N–H and O–H groups in total. The van der Waals surface area contributed by atoms with Gasteiger partial charge in [0, 0.05) is 4.90 Å². The summed E-state index contributed by atoms with van der Waals surface area (Å²) in [4.78, 5) is 11.8.